The van der Waals surface area contributed by atoms with Crippen molar-refractivity contribution in [3.05, 3.63) is 35.4 Å². The van der Waals surface area contributed by atoms with Gasteiger partial charge in [0, 0.05) is 12.6 Å². The van der Waals surface area contributed by atoms with Crippen LogP contribution >= 0.6 is 0 Å². The van der Waals surface area contributed by atoms with E-state index in [9.17, 15) is 29.7 Å². The Morgan fingerprint density at radius 3 is 1.89 bits per heavy atom. The van der Waals surface area contributed by atoms with Gasteiger partial charge in [-0.15, -0.1) is 0 Å². The highest BCUT2D eigenvalue weighted by Gasteiger charge is 2.25. The summed E-state index contributed by atoms with van der Waals surface area (Å²) in [6, 6.07) is 8.16. The monoisotopic (exact) mass is 506 g/mol. The summed E-state index contributed by atoms with van der Waals surface area (Å²) >= 11 is 0. The second-order valence-corrected chi connectivity index (χ2v) is 9.87. The summed E-state index contributed by atoms with van der Waals surface area (Å²) in [5.74, 6) is -2.93. The van der Waals surface area contributed by atoms with Crippen LogP contribution in [0.3, 0.4) is 0 Å². The van der Waals surface area contributed by atoms with Crippen LogP contribution in [0.4, 0.5) is 0 Å². The van der Waals surface area contributed by atoms with Crippen LogP contribution in [0.25, 0.3) is 0 Å². The topological polar surface area (TPSA) is 125 Å². The molecule has 1 saturated heterocycles. The van der Waals surface area contributed by atoms with Crippen molar-refractivity contribution in [1.29, 1.82) is 0 Å². The summed E-state index contributed by atoms with van der Waals surface area (Å²) in [6.07, 6.45) is 3.32. The first-order valence-corrected chi connectivity index (χ1v) is 12.7. The van der Waals surface area contributed by atoms with E-state index >= 15 is 0 Å². The molecule has 1 aliphatic heterocycles. The van der Waals surface area contributed by atoms with Gasteiger partial charge in [0.25, 0.3) is 0 Å². The Labute approximate surface area is 214 Å². The van der Waals surface area contributed by atoms with E-state index in [2.05, 4.69) is 29.0 Å². The molecule has 0 spiro atoms. The molecule has 10 heteroatoms. The number of aliphatic carboxylic acids is 3. The maximum Gasteiger partial charge on any atom is 0.317 e. The van der Waals surface area contributed by atoms with Crippen molar-refractivity contribution in [2.24, 2.45) is 0 Å². The fourth-order valence-corrected chi connectivity index (χ4v) is 4.83. The highest BCUT2D eigenvalue weighted by Crippen LogP contribution is 2.15. The van der Waals surface area contributed by atoms with E-state index in [0.717, 1.165) is 63.1 Å². The van der Waals surface area contributed by atoms with Crippen molar-refractivity contribution < 1.29 is 29.7 Å². The molecule has 1 fully saturated rings. The van der Waals surface area contributed by atoms with Crippen molar-refractivity contribution in [2.45, 2.75) is 38.6 Å². The van der Waals surface area contributed by atoms with Gasteiger partial charge in [0.2, 0.25) is 0 Å². The van der Waals surface area contributed by atoms with Crippen LogP contribution < -0.4 is 0 Å². The van der Waals surface area contributed by atoms with E-state index < -0.39 is 17.9 Å². The van der Waals surface area contributed by atoms with Gasteiger partial charge in [0.1, 0.15) is 0 Å². The zero-order valence-electron chi connectivity index (χ0n) is 21.6. The molecule has 1 aromatic carbocycles. The van der Waals surface area contributed by atoms with Crippen molar-refractivity contribution in [1.82, 2.24) is 19.6 Å². The molecule has 1 aliphatic rings. The second-order valence-electron chi connectivity index (χ2n) is 9.87. The quantitative estimate of drug-likeness (QED) is 0.403. The number of nitrogens with zero attached hydrogens (tertiary/aromatic N) is 4. The smallest absolute Gasteiger partial charge is 0.317 e. The van der Waals surface area contributed by atoms with E-state index in [1.165, 1.54) is 4.90 Å². The summed E-state index contributed by atoms with van der Waals surface area (Å²) in [5, 5.41) is 28.1. The zero-order chi connectivity index (χ0) is 26.5. The number of carboxylic acid groups (broad SMARTS) is 3. The third kappa shape index (κ3) is 11.9. The van der Waals surface area contributed by atoms with Crippen molar-refractivity contribution in [2.75, 3.05) is 72.5 Å². The highest BCUT2D eigenvalue weighted by molar-refractivity contribution is 5.72. The van der Waals surface area contributed by atoms with Crippen LogP contribution in [0.5, 0.6) is 0 Å². The average molecular weight is 507 g/mol. The minimum absolute atomic E-state index is 0.0154. The van der Waals surface area contributed by atoms with Crippen LogP contribution in [0.1, 0.15) is 30.4 Å². The summed E-state index contributed by atoms with van der Waals surface area (Å²) in [5.41, 5.74) is 2.27. The number of rotatable bonds is 11. The van der Waals surface area contributed by atoms with Gasteiger partial charge >= 0.3 is 17.9 Å². The van der Waals surface area contributed by atoms with E-state index in [-0.39, 0.29) is 25.7 Å². The molecule has 1 heterocycles. The fraction of sp³-hybridized carbons (Fsp3) is 0.654. The van der Waals surface area contributed by atoms with Crippen molar-refractivity contribution in [3.8, 4) is 0 Å². The Hall–Kier alpha value is -2.53. The van der Waals surface area contributed by atoms with Gasteiger partial charge in [-0.1, -0.05) is 29.8 Å². The number of hydrogen-bond acceptors (Lipinski definition) is 7. The summed E-state index contributed by atoms with van der Waals surface area (Å²) in [4.78, 5) is 42.3. The number of carbonyl (C=O) groups is 3. The molecule has 2 rings (SSSR count). The van der Waals surface area contributed by atoms with Crippen LogP contribution in [0.15, 0.2) is 24.3 Å². The fourth-order valence-electron chi connectivity index (χ4n) is 4.83. The summed E-state index contributed by atoms with van der Waals surface area (Å²) < 4.78 is 0. The Kier molecular flexibility index (Phi) is 12.8. The highest BCUT2D eigenvalue weighted by atomic mass is 16.4. The standard InChI is InChI=1S/C26H42N4O6/c1-21-6-8-22(9-7-21)16-23(17-29(19-25(33)34)20-26(35)36)30-14-4-11-27(2)10-3-12-28(13-5-15-30)18-24(31)32/h6-9,23H,3-5,10-20H2,1-2H3,(H,31,32)(H,33,34)(H,35,36). The maximum atomic E-state index is 11.5. The first kappa shape index (κ1) is 29.7. The number of carboxylic acids is 3. The molecular weight excluding hydrogens is 464 g/mol. The molecule has 0 bridgehead atoms. The van der Waals surface area contributed by atoms with Crippen molar-refractivity contribution in [3.63, 3.8) is 0 Å². The van der Waals surface area contributed by atoms with Gasteiger partial charge in [-0.3, -0.25) is 29.1 Å². The molecule has 0 amide bonds. The molecule has 1 aromatic rings. The lowest BCUT2D eigenvalue weighted by Gasteiger charge is -2.36. The van der Waals surface area contributed by atoms with Crippen LogP contribution in [-0.4, -0.2) is 131 Å². The molecule has 0 aliphatic carbocycles. The Bertz CT molecular complexity index is 818. The molecule has 1 atom stereocenters. The number of aryl methyl sites for hydroxylation is 1. The Balaban J connectivity index is 2.25. The SMILES string of the molecule is Cc1ccc(CC(CN(CC(=O)O)CC(=O)O)N2CCCN(C)CCCN(CC(=O)O)CCC2)cc1. The van der Waals surface area contributed by atoms with Gasteiger partial charge in [0.15, 0.2) is 0 Å². The first-order chi connectivity index (χ1) is 17.1. The maximum absolute atomic E-state index is 11.5. The van der Waals surface area contributed by atoms with E-state index in [4.69, 9.17) is 0 Å². The van der Waals surface area contributed by atoms with Crippen molar-refractivity contribution >= 4 is 17.9 Å². The zero-order valence-corrected chi connectivity index (χ0v) is 21.6. The molecule has 10 nitrogen and oxygen atoms in total. The molecule has 3 N–H and O–H groups in total. The van der Waals surface area contributed by atoms with Gasteiger partial charge in [0.05, 0.1) is 19.6 Å². The van der Waals surface area contributed by atoms with Gasteiger partial charge in [-0.25, -0.2) is 0 Å². The molecule has 36 heavy (non-hydrogen) atoms. The first-order valence-electron chi connectivity index (χ1n) is 12.7. The number of benzene rings is 1. The predicted molar refractivity (Wildman–Crippen MR) is 137 cm³/mol. The van der Waals surface area contributed by atoms with E-state index in [1.807, 2.05) is 24.0 Å². The normalized spacial score (nSPS) is 18.3. The lowest BCUT2D eigenvalue weighted by molar-refractivity contribution is -0.142. The molecule has 0 saturated carbocycles. The van der Waals surface area contributed by atoms with Gasteiger partial charge in [-0.05, 0) is 84.5 Å². The molecule has 0 aromatic heterocycles. The lowest BCUT2D eigenvalue weighted by atomic mass is 10.0. The third-order valence-electron chi connectivity index (χ3n) is 6.57. The molecular formula is C26H42N4O6. The van der Waals surface area contributed by atoms with Crippen LogP contribution in [0.2, 0.25) is 0 Å². The molecule has 202 valence electrons. The van der Waals surface area contributed by atoms with Crippen LogP contribution in [0, 0.1) is 6.92 Å². The lowest BCUT2D eigenvalue weighted by Crippen LogP contribution is -2.49. The van der Waals surface area contributed by atoms with Gasteiger partial charge < -0.3 is 20.2 Å². The second kappa shape index (κ2) is 15.6. The third-order valence-corrected chi connectivity index (χ3v) is 6.57. The average Bonchev–Trinajstić information content (AvgIpc) is 2.76. The van der Waals surface area contributed by atoms with E-state index in [1.54, 1.807) is 0 Å². The largest absolute Gasteiger partial charge is 0.480 e. The summed E-state index contributed by atoms with van der Waals surface area (Å²) in [6.45, 7) is 6.42. The predicted octanol–water partition coefficient (Wildman–Crippen LogP) is 1.18. The number of hydrogen-bond donors (Lipinski definition) is 3. The Morgan fingerprint density at radius 1 is 0.833 bits per heavy atom. The minimum Gasteiger partial charge on any atom is -0.480 e. The van der Waals surface area contributed by atoms with Crippen LogP contribution in [-0.2, 0) is 20.8 Å². The minimum atomic E-state index is -1.05. The molecule has 0 radical (unpaired) electrons. The van der Waals surface area contributed by atoms with Gasteiger partial charge in [-0.2, -0.15) is 0 Å². The summed E-state index contributed by atoms with van der Waals surface area (Å²) in [7, 11) is 2.07. The molecule has 1 unspecified atom stereocenters. The van der Waals surface area contributed by atoms with E-state index in [0.29, 0.717) is 19.5 Å². The Morgan fingerprint density at radius 2 is 1.36 bits per heavy atom.